The summed E-state index contributed by atoms with van der Waals surface area (Å²) >= 11 is 0. The van der Waals surface area contributed by atoms with E-state index in [1.54, 1.807) is 0 Å². The molecule has 0 aliphatic carbocycles. The van der Waals surface area contributed by atoms with Crippen LogP contribution in [0.4, 0.5) is 4.39 Å². The second-order valence-electron chi connectivity index (χ2n) is 5.22. The highest BCUT2D eigenvalue weighted by Gasteiger charge is 2.46. The predicted octanol–water partition coefficient (Wildman–Crippen LogP) is 4.05. The van der Waals surface area contributed by atoms with E-state index >= 15 is 0 Å². The Morgan fingerprint density at radius 2 is 1.82 bits per heavy atom. The van der Waals surface area contributed by atoms with Crippen LogP contribution in [0.1, 0.15) is 49.9 Å². The molecule has 2 heterocycles. The van der Waals surface area contributed by atoms with E-state index in [1.165, 1.54) is 11.1 Å². The molecule has 3 heteroatoms. The van der Waals surface area contributed by atoms with Crippen LogP contribution in [0.25, 0.3) is 0 Å². The Labute approximate surface area is 108 Å². The fourth-order valence-electron chi connectivity index (χ4n) is 3.44. The van der Waals surface area contributed by atoms with Gasteiger partial charge in [0.05, 0.1) is 6.04 Å². The quantitative estimate of drug-likeness (QED) is 0.732. The van der Waals surface area contributed by atoms with E-state index in [4.69, 9.17) is 0 Å². The highest BCUT2D eigenvalue weighted by molar-refractivity contribution is 5.85. The van der Waals surface area contributed by atoms with Crippen molar-refractivity contribution in [3.63, 3.8) is 0 Å². The van der Waals surface area contributed by atoms with Gasteiger partial charge >= 0.3 is 0 Å². The monoisotopic (exact) mass is 255 g/mol. The van der Waals surface area contributed by atoms with Crippen molar-refractivity contribution in [3.05, 3.63) is 35.4 Å². The largest absolute Gasteiger partial charge is 0.284 e. The van der Waals surface area contributed by atoms with Gasteiger partial charge in [0.1, 0.15) is 6.17 Å². The molecule has 3 unspecified atom stereocenters. The van der Waals surface area contributed by atoms with Crippen LogP contribution in [0.2, 0.25) is 0 Å². The maximum absolute atomic E-state index is 14.1. The SMILES string of the molecule is CC(C)N1C2CCC(F)C1c1ccccc12.Cl. The van der Waals surface area contributed by atoms with E-state index in [2.05, 4.69) is 36.9 Å². The molecule has 1 saturated heterocycles. The molecule has 3 rings (SSSR count). The average molecular weight is 256 g/mol. The molecule has 3 atom stereocenters. The lowest BCUT2D eigenvalue weighted by Crippen LogP contribution is -2.40. The number of halogens is 2. The second kappa shape index (κ2) is 4.58. The van der Waals surface area contributed by atoms with E-state index in [0.717, 1.165) is 6.42 Å². The average Bonchev–Trinajstić information content (AvgIpc) is 2.54. The lowest BCUT2D eigenvalue weighted by Gasteiger charge is -2.40. The van der Waals surface area contributed by atoms with Gasteiger partial charge in [0, 0.05) is 12.1 Å². The van der Waals surface area contributed by atoms with Crippen LogP contribution in [-0.2, 0) is 0 Å². The van der Waals surface area contributed by atoms with Gasteiger partial charge in [0.25, 0.3) is 0 Å². The van der Waals surface area contributed by atoms with E-state index in [9.17, 15) is 4.39 Å². The van der Waals surface area contributed by atoms with Gasteiger partial charge in [0.15, 0.2) is 0 Å². The van der Waals surface area contributed by atoms with Crippen molar-refractivity contribution < 1.29 is 4.39 Å². The Hall–Kier alpha value is -0.600. The van der Waals surface area contributed by atoms with Crippen molar-refractivity contribution in [2.45, 2.75) is 51.0 Å². The Morgan fingerprint density at radius 3 is 2.47 bits per heavy atom. The number of piperidine rings is 1. The van der Waals surface area contributed by atoms with Gasteiger partial charge < -0.3 is 0 Å². The van der Waals surface area contributed by atoms with Crippen LogP contribution in [0.3, 0.4) is 0 Å². The third-order valence-corrected chi connectivity index (χ3v) is 4.01. The molecule has 0 aromatic heterocycles. The lowest BCUT2D eigenvalue weighted by atomic mass is 9.97. The molecule has 2 aliphatic rings. The van der Waals surface area contributed by atoms with E-state index in [0.29, 0.717) is 18.5 Å². The fraction of sp³-hybridized carbons (Fsp3) is 0.571. The summed E-state index contributed by atoms with van der Waals surface area (Å²) in [5.74, 6) is 0. The van der Waals surface area contributed by atoms with Gasteiger partial charge in [-0.1, -0.05) is 24.3 Å². The number of rotatable bonds is 1. The molecule has 0 amide bonds. The third kappa shape index (κ3) is 1.78. The van der Waals surface area contributed by atoms with Crippen molar-refractivity contribution >= 4 is 12.4 Å². The van der Waals surface area contributed by atoms with Crippen molar-refractivity contribution in [2.24, 2.45) is 0 Å². The van der Waals surface area contributed by atoms with Gasteiger partial charge in [-0.05, 0) is 37.8 Å². The minimum absolute atomic E-state index is 0. The second-order valence-corrected chi connectivity index (χ2v) is 5.22. The van der Waals surface area contributed by atoms with Gasteiger partial charge in [0.2, 0.25) is 0 Å². The Balaban J connectivity index is 0.00000108. The molecule has 17 heavy (non-hydrogen) atoms. The van der Waals surface area contributed by atoms with Gasteiger partial charge in [-0.25, -0.2) is 4.39 Å². The van der Waals surface area contributed by atoms with E-state index in [1.807, 2.05) is 6.07 Å². The summed E-state index contributed by atoms with van der Waals surface area (Å²) in [6, 6.07) is 9.26. The maximum atomic E-state index is 14.1. The summed E-state index contributed by atoms with van der Waals surface area (Å²) in [5, 5.41) is 0. The normalized spacial score (nSPS) is 31.2. The number of alkyl halides is 1. The summed E-state index contributed by atoms with van der Waals surface area (Å²) in [6.07, 6.45) is 0.988. The zero-order valence-electron chi connectivity index (χ0n) is 10.3. The minimum atomic E-state index is -0.692. The number of benzene rings is 1. The summed E-state index contributed by atoms with van der Waals surface area (Å²) in [4.78, 5) is 2.36. The van der Waals surface area contributed by atoms with Crippen molar-refractivity contribution in [1.82, 2.24) is 4.90 Å². The first-order valence-electron chi connectivity index (χ1n) is 6.20. The number of hydrogen-bond acceptors (Lipinski definition) is 1. The standard InChI is InChI=1S/C14H18FN.ClH/c1-9(2)16-13-8-7-12(15)14(16)11-6-4-3-5-10(11)13;/h3-6,9,12-14H,7-8H2,1-2H3;1H. The van der Waals surface area contributed by atoms with Gasteiger partial charge in [-0.15, -0.1) is 12.4 Å². The van der Waals surface area contributed by atoms with Gasteiger partial charge in [-0.3, -0.25) is 4.90 Å². The lowest BCUT2D eigenvalue weighted by molar-refractivity contribution is 0.0159. The number of fused-ring (bicyclic) bond motifs is 5. The highest BCUT2D eigenvalue weighted by Crippen LogP contribution is 2.52. The first-order chi connectivity index (χ1) is 7.70. The first kappa shape index (κ1) is 12.8. The molecule has 2 aliphatic heterocycles. The molecule has 0 N–H and O–H groups in total. The van der Waals surface area contributed by atoms with Crippen molar-refractivity contribution in [2.75, 3.05) is 0 Å². The van der Waals surface area contributed by atoms with E-state index in [-0.39, 0.29) is 18.4 Å². The molecule has 1 aromatic rings. The Morgan fingerprint density at radius 1 is 1.18 bits per heavy atom. The van der Waals surface area contributed by atoms with Crippen LogP contribution < -0.4 is 0 Å². The van der Waals surface area contributed by atoms with Crippen molar-refractivity contribution in [1.29, 1.82) is 0 Å². The fourth-order valence-corrected chi connectivity index (χ4v) is 3.44. The van der Waals surface area contributed by atoms with Crippen molar-refractivity contribution in [3.8, 4) is 0 Å². The molecule has 0 spiro atoms. The zero-order valence-corrected chi connectivity index (χ0v) is 11.1. The Kier molecular flexibility index (Phi) is 3.46. The Bertz CT molecular complexity index is 407. The molecule has 1 fully saturated rings. The number of nitrogens with zero attached hydrogens (tertiary/aromatic N) is 1. The third-order valence-electron chi connectivity index (χ3n) is 4.01. The summed E-state index contributed by atoms with van der Waals surface area (Å²) in [6.45, 7) is 4.34. The number of hydrogen-bond donors (Lipinski definition) is 0. The summed E-state index contributed by atoms with van der Waals surface area (Å²) in [5.41, 5.74) is 2.59. The molecule has 0 saturated carbocycles. The molecular formula is C14H19ClFN. The molecular weight excluding hydrogens is 237 g/mol. The van der Waals surface area contributed by atoms with Crippen LogP contribution in [0, 0.1) is 0 Å². The van der Waals surface area contributed by atoms with Crippen LogP contribution in [0.5, 0.6) is 0 Å². The highest BCUT2D eigenvalue weighted by atomic mass is 35.5. The molecule has 94 valence electrons. The van der Waals surface area contributed by atoms with Crippen LogP contribution in [-0.4, -0.2) is 17.1 Å². The molecule has 2 bridgehead atoms. The molecule has 1 aromatic carbocycles. The molecule has 1 nitrogen and oxygen atoms in total. The summed E-state index contributed by atoms with van der Waals surface area (Å²) in [7, 11) is 0. The molecule has 0 radical (unpaired) electrons. The van der Waals surface area contributed by atoms with Crippen LogP contribution in [0.15, 0.2) is 24.3 Å². The first-order valence-corrected chi connectivity index (χ1v) is 6.20. The smallest absolute Gasteiger partial charge is 0.120 e. The van der Waals surface area contributed by atoms with Crippen LogP contribution >= 0.6 is 12.4 Å². The maximum Gasteiger partial charge on any atom is 0.120 e. The topological polar surface area (TPSA) is 3.24 Å². The summed E-state index contributed by atoms with van der Waals surface area (Å²) < 4.78 is 14.1. The zero-order chi connectivity index (χ0) is 11.3. The van der Waals surface area contributed by atoms with Gasteiger partial charge in [-0.2, -0.15) is 0 Å². The minimum Gasteiger partial charge on any atom is -0.284 e. The predicted molar refractivity (Wildman–Crippen MR) is 70.3 cm³/mol. The van der Waals surface area contributed by atoms with E-state index < -0.39 is 6.17 Å².